The van der Waals surface area contributed by atoms with E-state index in [1.807, 2.05) is 26.8 Å². The Bertz CT molecular complexity index is 344. The molecule has 1 saturated carbocycles. The lowest BCUT2D eigenvalue weighted by atomic mass is 10.1. The summed E-state index contributed by atoms with van der Waals surface area (Å²) >= 11 is 0. The Kier molecular flexibility index (Phi) is 9.73. The van der Waals surface area contributed by atoms with Crippen LogP contribution >= 0.6 is 0 Å². The molecule has 3 nitrogen and oxygen atoms in total. The van der Waals surface area contributed by atoms with E-state index in [0.717, 1.165) is 24.8 Å². The molecule has 0 N–H and O–H groups in total. The zero-order valence-corrected chi connectivity index (χ0v) is 13.2. The van der Waals surface area contributed by atoms with Gasteiger partial charge in [-0.05, 0) is 31.8 Å². The van der Waals surface area contributed by atoms with Crippen molar-refractivity contribution in [3.8, 4) is 0 Å². The van der Waals surface area contributed by atoms with Crippen LogP contribution in [0.4, 0.5) is 0 Å². The van der Waals surface area contributed by atoms with Gasteiger partial charge in [0.1, 0.15) is 0 Å². The maximum Gasteiger partial charge on any atom is 0.308 e. The standard InChI is InChI=1S/C15H22O3.C2H6/c1-5-7-12(6-2)11(3)18-14-9-8-13(10-14)15(16)17-4;1-2/h5-7,11,13-14H,1-2,8-10H2,3-4H3;1-2H3/b12-7+;/t11-,13+,14-;/m0./s1. The normalized spacial score (nSPS) is 23.3. The van der Waals surface area contributed by atoms with Crippen LogP contribution in [0, 0.1) is 5.92 Å². The predicted octanol–water partition coefficient (Wildman–Crippen LogP) is 4.06. The molecular weight excluding hydrogens is 252 g/mol. The van der Waals surface area contributed by atoms with Crippen LogP contribution in [-0.4, -0.2) is 25.3 Å². The van der Waals surface area contributed by atoms with E-state index in [1.165, 1.54) is 7.11 Å². The van der Waals surface area contributed by atoms with Gasteiger partial charge in [0.2, 0.25) is 0 Å². The Morgan fingerprint density at radius 1 is 1.30 bits per heavy atom. The summed E-state index contributed by atoms with van der Waals surface area (Å²) in [6, 6.07) is 0. The maximum atomic E-state index is 11.4. The summed E-state index contributed by atoms with van der Waals surface area (Å²) in [5.41, 5.74) is 1.01. The van der Waals surface area contributed by atoms with E-state index in [-0.39, 0.29) is 24.1 Å². The van der Waals surface area contributed by atoms with Crippen molar-refractivity contribution in [3.05, 3.63) is 37.0 Å². The van der Waals surface area contributed by atoms with Gasteiger partial charge in [0.05, 0.1) is 25.2 Å². The number of rotatable bonds is 6. The number of ether oxygens (including phenoxy) is 2. The van der Waals surface area contributed by atoms with Gasteiger partial charge in [-0.25, -0.2) is 0 Å². The second-order valence-electron chi connectivity index (χ2n) is 4.54. The molecule has 0 bridgehead atoms. The molecule has 0 unspecified atom stereocenters. The van der Waals surface area contributed by atoms with Gasteiger partial charge in [0.15, 0.2) is 0 Å². The second-order valence-corrected chi connectivity index (χ2v) is 4.54. The van der Waals surface area contributed by atoms with Gasteiger partial charge in [-0.1, -0.05) is 45.2 Å². The SMILES string of the molecule is C=C/C=C(\C=C)[C@H](C)O[C@H]1CC[C@@H](C(=O)OC)C1.CC. The molecule has 0 aliphatic heterocycles. The molecule has 114 valence electrons. The molecule has 0 saturated heterocycles. The zero-order valence-electron chi connectivity index (χ0n) is 13.2. The molecule has 0 aromatic heterocycles. The van der Waals surface area contributed by atoms with Crippen molar-refractivity contribution in [2.45, 2.75) is 52.2 Å². The molecule has 0 aromatic carbocycles. The monoisotopic (exact) mass is 280 g/mol. The molecular formula is C17H28O3. The summed E-state index contributed by atoms with van der Waals surface area (Å²) in [5.74, 6) is -0.137. The van der Waals surface area contributed by atoms with E-state index < -0.39 is 0 Å². The summed E-state index contributed by atoms with van der Waals surface area (Å²) in [4.78, 5) is 11.4. The topological polar surface area (TPSA) is 35.5 Å². The molecule has 1 fully saturated rings. The summed E-state index contributed by atoms with van der Waals surface area (Å²) in [6.07, 6.45) is 7.99. The first kappa shape index (κ1) is 18.7. The number of carbonyl (C=O) groups excluding carboxylic acids is 1. The van der Waals surface area contributed by atoms with E-state index in [0.29, 0.717) is 0 Å². The number of carbonyl (C=O) groups is 1. The van der Waals surface area contributed by atoms with Gasteiger partial charge < -0.3 is 9.47 Å². The van der Waals surface area contributed by atoms with Gasteiger partial charge in [0, 0.05) is 0 Å². The number of hydrogen-bond acceptors (Lipinski definition) is 3. The van der Waals surface area contributed by atoms with Crippen LogP contribution in [0.2, 0.25) is 0 Å². The van der Waals surface area contributed by atoms with Crippen LogP contribution in [0.3, 0.4) is 0 Å². The molecule has 3 atom stereocenters. The average Bonchev–Trinajstić information content (AvgIpc) is 2.94. The smallest absolute Gasteiger partial charge is 0.308 e. The van der Waals surface area contributed by atoms with Gasteiger partial charge in [-0.2, -0.15) is 0 Å². The highest BCUT2D eigenvalue weighted by molar-refractivity contribution is 5.72. The van der Waals surface area contributed by atoms with E-state index in [9.17, 15) is 4.79 Å². The minimum Gasteiger partial charge on any atom is -0.469 e. The first-order chi connectivity index (χ1) is 9.62. The largest absolute Gasteiger partial charge is 0.469 e. The van der Waals surface area contributed by atoms with E-state index in [2.05, 4.69) is 13.2 Å². The predicted molar refractivity (Wildman–Crippen MR) is 83.5 cm³/mol. The van der Waals surface area contributed by atoms with Gasteiger partial charge in [0.25, 0.3) is 0 Å². The molecule has 0 heterocycles. The summed E-state index contributed by atoms with van der Waals surface area (Å²) in [6.45, 7) is 13.4. The molecule has 1 rings (SSSR count). The van der Waals surface area contributed by atoms with Crippen LogP contribution in [-0.2, 0) is 14.3 Å². The van der Waals surface area contributed by atoms with Crippen LogP contribution in [0.5, 0.6) is 0 Å². The van der Waals surface area contributed by atoms with Crippen molar-refractivity contribution >= 4 is 5.97 Å². The molecule has 1 aliphatic carbocycles. The van der Waals surface area contributed by atoms with Crippen molar-refractivity contribution in [3.63, 3.8) is 0 Å². The summed E-state index contributed by atoms with van der Waals surface area (Å²) < 4.78 is 10.7. The van der Waals surface area contributed by atoms with Crippen molar-refractivity contribution in [2.24, 2.45) is 5.92 Å². The Morgan fingerprint density at radius 2 is 1.95 bits per heavy atom. The first-order valence-corrected chi connectivity index (χ1v) is 7.30. The lowest BCUT2D eigenvalue weighted by Gasteiger charge is -2.19. The van der Waals surface area contributed by atoms with Crippen molar-refractivity contribution in [1.82, 2.24) is 0 Å². The van der Waals surface area contributed by atoms with E-state index >= 15 is 0 Å². The van der Waals surface area contributed by atoms with E-state index in [1.54, 1.807) is 12.2 Å². The van der Waals surface area contributed by atoms with Crippen molar-refractivity contribution < 1.29 is 14.3 Å². The fourth-order valence-electron chi connectivity index (χ4n) is 2.32. The number of esters is 1. The number of allylic oxidation sites excluding steroid dienone is 2. The third kappa shape index (κ3) is 5.74. The van der Waals surface area contributed by atoms with Crippen LogP contribution < -0.4 is 0 Å². The average molecular weight is 280 g/mol. The molecule has 1 aliphatic rings. The highest BCUT2D eigenvalue weighted by Gasteiger charge is 2.32. The highest BCUT2D eigenvalue weighted by atomic mass is 16.5. The van der Waals surface area contributed by atoms with Gasteiger partial charge in [-0.3, -0.25) is 4.79 Å². The number of hydrogen-bond donors (Lipinski definition) is 0. The minimum absolute atomic E-state index is 0.0113. The van der Waals surface area contributed by atoms with Crippen LogP contribution in [0.1, 0.15) is 40.0 Å². The Balaban J connectivity index is 0.00000172. The number of methoxy groups -OCH3 is 1. The van der Waals surface area contributed by atoms with Crippen LogP contribution in [0.25, 0.3) is 0 Å². The second kappa shape index (κ2) is 10.4. The summed E-state index contributed by atoms with van der Waals surface area (Å²) in [5, 5.41) is 0. The third-order valence-electron chi connectivity index (χ3n) is 3.33. The van der Waals surface area contributed by atoms with Crippen molar-refractivity contribution in [1.29, 1.82) is 0 Å². The van der Waals surface area contributed by atoms with Crippen LogP contribution in [0.15, 0.2) is 37.0 Å². The minimum atomic E-state index is -0.126. The Labute approximate surface area is 123 Å². The van der Waals surface area contributed by atoms with Crippen molar-refractivity contribution in [2.75, 3.05) is 7.11 Å². The molecule has 0 radical (unpaired) electrons. The lowest BCUT2D eigenvalue weighted by Crippen LogP contribution is -2.20. The maximum absolute atomic E-state index is 11.4. The zero-order chi connectivity index (χ0) is 15.5. The Morgan fingerprint density at radius 3 is 2.45 bits per heavy atom. The molecule has 20 heavy (non-hydrogen) atoms. The molecule has 0 amide bonds. The van der Waals surface area contributed by atoms with E-state index in [4.69, 9.17) is 9.47 Å². The molecule has 0 spiro atoms. The van der Waals surface area contributed by atoms with Gasteiger partial charge in [-0.15, -0.1) is 0 Å². The Hall–Kier alpha value is -1.35. The fourth-order valence-corrected chi connectivity index (χ4v) is 2.32. The third-order valence-corrected chi connectivity index (χ3v) is 3.33. The van der Waals surface area contributed by atoms with Gasteiger partial charge >= 0.3 is 5.97 Å². The quantitative estimate of drug-likeness (QED) is 0.544. The fraction of sp³-hybridized carbons (Fsp3) is 0.588. The summed E-state index contributed by atoms with van der Waals surface area (Å²) in [7, 11) is 1.43. The lowest BCUT2D eigenvalue weighted by molar-refractivity contribution is -0.145. The first-order valence-electron chi connectivity index (χ1n) is 7.30. The molecule has 0 aromatic rings. The molecule has 3 heteroatoms. The highest BCUT2D eigenvalue weighted by Crippen LogP contribution is 2.30.